The molecule has 1 aromatic heterocycles. The molecule has 2 fully saturated rings. The summed E-state index contributed by atoms with van der Waals surface area (Å²) in [7, 11) is 3.95. The van der Waals surface area contributed by atoms with Crippen molar-refractivity contribution < 1.29 is 4.79 Å². The van der Waals surface area contributed by atoms with E-state index in [-0.39, 0.29) is 5.91 Å². The lowest BCUT2D eigenvalue weighted by atomic mass is 9.89. The molecule has 3 rings (SSSR count). The molecule has 0 aliphatic carbocycles. The molecule has 114 valence electrons. The lowest BCUT2D eigenvalue weighted by Gasteiger charge is -2.28. The minimum absolute atomic E-state index is 0.0893. The molecular weight excluding hydrogens is 264 g/mol. The molecule has 2 bridgehead atoms. The van der Waals surface area contributed by atoms with Crippen LogP contribution >= 0.6 is 0 Å². The second-order valence-electron chi connectivity index (χ2n) is 6.52. The van der Waals surface area contributed by atoms with E-state index in [4.69, 9.17) is 0 Å². The summed E-state index contributed by atoms with van der Waals surface area (Å²) in [6.45, 7) is 0. The Balaban J connectivity index is 1.52. The van der Waals surface area contributed by atoms with Crippen molar-refractivity contribution in [2.24, 2.45) is 5.92 Å². The second kappa shape index (κ2) is 6.02. The van der Waals surface area contributed by atoms with Crippen LogP contribution < -0.4 is 15.5 Å². The third-order valence-corrected chi connectivity index (χ3v) is 4.58. The van der Waals surface area contributed by atoms with Gasteiger partial charge < -0.3 is 15.5 Å². The Morgan fingerprint density at radius 1 is 1.33 bits per heavy atom. The third-order valence-electron chi connectivity index (χ3n) is 4.58. The van der Waals surface area contributed by atoms with Gasteiger partial charge in [-0.15, -0.1) is 0 Å². The summed E-state index contributed by atoms with van der Waals surface area (Å²) in [6.07, 6.45) is 7.21. The van der Waals surface area contributed by atoms with Gasteiger partial charge in [0.2, 0.25) is 5.91 Å². The predicted octanol–water partition coefficient (Wildman–Crippen LogP) is 2.01. The number of nitrogens with zero attached hydrogens (tertiary/aromatic N) is 2. The molecule has 2 N–H and O–H groups in total. The van der Waals surface area contributed by atoms with E-state index >= 15 is 0 Å². The number of piperidine rings is 1. The molecule has 1 aromatic rings. The Hall–Kier alpha value is -1.62. The topological polar surface area (TPSA) is 57.3 Å². The zero-order valence-electron chi connectivity index (χ0n) is 12.8. The zero-order chi connectivity index (χ0) is 14.8. The van der Waals surface area contributed by atoms with E-state index in [2.05, 4.69) is 15.6 Å². The molecule has 1 amide bonds. The normalized spacial score (nSPS) is 27.4. The van der Waals surface area contributed by atoms with Crippen LogP contribution in [0.25, 0.3) is 0 Å². The smallest absolute Gasteiger partial charge is 0.225 e. The molecule has 2 unspecified atom stereocenters. The van der Waals surface area contributed by atoms with Crippen molar-refractivity contribution in [1.82, 2.24) is 10.3 Å². The molecule has 2 aliphatic rings. The highest BCUT2D eigenvalue weighted by atomic mass is 16.1. The summed E-state index contributed by atoms with van der Waals surface area (Å²) in [4.78, 5) is 18.4. The maximum atomic E-state index is 12.2. The van der Waals surface area contributed by atoms with Gasteiger partial charge in [0.25, 0.3) is 0 Å². The monoisotopic (exact) mass is 288 g/mol. The summed E-state index contributed by atoms with van der Waals surface area (Å²) in [5.74, 6) is 1.25. The van der Waals surface area contributed by atoms with Gasteiger partial charge in [-0.05, 0) is 43.7 Å². The van der Waals surface area contributed by atoms with Crippen molar-refractivity contribution in [3.63, 3.8) is 0 Å². The molecular formula is C16H24N4O. The van der Waals surface area contributed by atoms with Crippen LogP contribution in [0.3, 0.4) is 0 Å². The van der Waals surface area contributed by atoms with Crippen molar-refractivity contribution in [1.29, 1.82) is 0 Å². The van der Waals surface area contributed by atoms with Crippen molar-refractivity contribution in [3.05, 3.63) is 18.3 Å². The third kappa shape index (κ3) is 3.53. The number of rotatable bonds is 4. The molecule has 0 aromatic carbocycles. The van der Waals surface area contributed by atoms with E-state index in [1.165, 1.54) is 12.8 Å². The first-order chi connectivity index (χ1) is 10.1. The van der Waals surface area contributed by atoms with Gasteiger partial charge >= 0.3 is 0 Å². The van der Waals surface area contributed by atoms with Crippen LogP contribution in [0.5, 0.6) is 0 Å². The number of carbonyl (C=O) groups is 1. The maximum absolute atomic E-state index is 12.2. The number of hydrogen-bond donors (Lipinski definition) is 2. The van der Waals surface area contributed by atoms with Crippen LogP contribution in [0, 0.1) is 5.92 Å². The molecule has 21 heavy (non-hydrogen) atoms. The average molecular weight is 288 g/mol. The second-order valence-corrected chi connectivity index (χ2v) is 6.52. The quantitative estimate of drug-likeness (QED) is 0.890. The Bertz CT molecular complexity index is 488. The Morgan fingerprint density at radius 2 is 2.05 bits per heavy atom. The van der Waals surface area contributed by atoms with Gasteiger partial charge in [-0.1, -0.05) is 0 Å². The predicted molar refractivity (Wildman–Crippen MR) is 84.5 cm³/mol. The number of amides is 1. The summed E-state index contributed by atoms with van der Waals surface area (Å²) in [6, 6.07) is 5.10. The Kier molecular flexibility index (Phi) is 4.10. The fraction of sp³-hybridized carbons (Fsp3) is 0.625. The van der Waals surface area contributed by atoms with E-state index < -0.39 is 0 Å². The average Bonchev–Trinajstić information content (AvgIpc) is 2.78. The summed E-state index contributed by atoms with van der Waals surface area (Å²) in [5, 5.41) is 6.53. The van der Waals surface area contributed by atoms with E-state index in [0.717, 1.165) is 18.5 Å². The number of carbonyl (C=O) groups excluding carboxylic acids is 1. The first-order valence-electron chi connectivity index (χ1n) is 7.79. The SMILES string of the molecule is CN(C)c1ccc(NC(=O)CC2CC3CCC(C2)N3)nc1. The minimum Gasteiger partial charge on any atom is -0.376 e. The molecule has 0 saturated carbocycles. The Morgan fingerprint density at radius 3 is 2.62 bits per heavy atom. The van der Waals surface area contributed by atoms with E-state index in [9.17, 15) is 4.79 Å². The Labute approximate surface area is 126 Å². The van der Waals surface area contributed by atoms with Crippen LogP contribution in [-0.4, -0.2) is 37.1 Å². The van der Waals surface area contributed by atoms with Crippen molar-refractivity contribution >= 4 is 17.4 Å². The molecule has 2 saturated heterocycles. The van der Waals surface area contributed by atoms with E-state index in [1.54, 1.807) is 6.20 Å². The van der Waals surface area contributed by atoms with Gasteiger partial charge in [0.05, 0.1) is 11.9 Å². The van der Waals surface area contributed by atoms with Crippen LogP contribution in [-0.2, 0) is 4.79 Å². The molecule has 0 spiro atoms. The molecule has 3 heterocycles. The fourth-order valence-electron chi connectivity index (χ4n) is 3.52. The number of hydrogen-bond acceptors (Lipinski definition) is 4. The summed E-state index contributed by atoms with van der Waals surface area (Å²) in [5.41, 5.74) is 1.03. The largest absolute Gasteiger partial charge is 0.376 e. The van der Waals surface area contributed by atoms with Gasteiger partial charge in [-0.2, -0.15) is 0 Å². The van der Waals surface area contributed by atoms with Crippen LogP contribution in [0.4, 0.5) is 11.5 Å². The number of anilines is 2. The van der Waals surface area contributed by atoms with Gasteiger partial charge in [0.1, 0.15) is 5.82 Å². The number of pyridine rings is 1. The van der Waals surface area contributed by atoms with Crippen LogP contribution in [0.1, 0.15) is 32.1 Å². The van der Waals surface area contributed by atoms with E-state index in [1.807, 2.05) is 31.1 Å². The van der Waals surface area contributed by atoms with Crippen LogP contribution in [0.15, 0.2) is 18.3 Å². The van der Waals surface area contributed by atoms with Gasteiger partial charge in [-0.3, -0.25) is 4.79 Å². The van der Waals surface area contributed by atoms with E-state index in [0.29, 0.717) is 30.2 Å². The maximum Gasteiger partial charge on any atom is 0.225 e. The highest BCUT2D eigenvalue weighted by molar-refractivity contribution is 5.90. The first-order valence-corrected chi connectivity index (χ1v) is 7.79. The van der Waals surface area contributed by atoms with Gasteiger partial charge in [0.15, 0.2) is 0 Å². The van der Waals surface area contributed by atoms with Crippen LogP contribution in [0.2, 0.25) is 0 Å². The highest BCUT2D eigenvalue weighted by Crippen LogP contribution is 2.32. The number of nitrogens with one attached hydrogen (secondary N) is 2. The lowest BCUT2D eigenvalue weighted by Crippen LogP contribution is -2.39. The molecule has 0 radical (unpaired) electrons. The van der Waals surface area contributed by atoms with Gasteiger partial charge in [-0.25, -0.2) is 4.98 Å². The minimum atomic E-state index is 0.0893. The first kappa shape index (κ1) is 14.3. The molecule has 5 heteroatoms. The molecule has 2 aliphatic heterocycles. The molecule has 2 atom stereocenters. The number of aromatic nitrogens is 1. The standard InChI is InChI=1S/C16H24N4O/c1-20(2)14-5-6-15(17-10-14)19-16(21)9-11-7-12-3-4-13(8-11)18-12/h5-6,10-13,18H,3-4,7-9H2,1-2H3,(H,17,19,21). The zero-order valence-corrected chi connectivity index (χ0v) is 12.8. The highest BCUT2D eigenvalue weighted by Gasteiger charge is 2.34. The number of fused-ring (bicyclic) bond motifs is 2. The fourth-order valence-corrected chi connectivity index (χ4v) is 3.52. The summed E-state index contributed by atoms with van der Waals surface area (Å²) < 4.78 is 0. The summed E-state index contributed by atoms with van der Waals surface area (Å²) >= 11 is 0. The van der Waals surface area contributed by atoms with Gasteiger partial charge in [0, 0.05) is 32.6 Å². The lowest BCUT2D eigenvalue weighted by molar-refractivity contribution is -0.117. The van der Waals surface area contributed by atoms with Crippen molar-refractivity contribution in [2.45, 2.75) is 44.2 Å². The van der Waals surface area contributed by atoms with Crippen molar-refractivity contribution in [2.75, 3.05) is 24.3 Å². The van der Waals surface area contributed by atoms with Crippen molar-refractivity contribution in [3.8, 4) is 0 Å². The molecule has 5 nitrogen and oxygen atoms in total.